The highest BCUT2D eigenvalue weighted by Gasteiger charge is 2.45. The van der Waals surface area contributed by atoms with Gasteiger partial charge in [0.05, 0.1) is 12.1 Å². The molecule has 2 unspecified atom stereocenters. The van der Waals surface area contributed by atoms with E-state index in [0.29, 0.717) is 6.04 Å². The van der Waals surface area contributed by atoms with Crippen LogP contribution in [0.5, 0.6) is 0 Å². The fourth-order valence-electron chi connectivity index (χ4n) is 3.55. The first-order valence-corrected chi connectivity index (χ1v) is 9.45. The predicted octanol–water partition coefficient (Wildman–Crippen LogP) is 3.18. The maximum absolute atomic E-state index is 5.24. The van der Waals surface area contributed by atoms with Gasteiger partial charge in [-0.15, -0.1) is 11.3 Å². The van der Waals surface area contributed by atoms with Crippen LogP contribution in [0.4, 0.5) is 0 Å². The van der Waals surface area contributed by atoms with Gasteiger partial charge >= 0.3 is 0 Å². The van der Waals surface area contributed by atoms with Crippen LogP contribution in [0.15, 0.2) is 35.7 Å². The predicted molar refractivity (Wildman–Crippen MR) is 99.3 cm³/mol. The molecule has 4 nitrogen and oxygen atoms in total. The summed E-state index contributed by atoms with van der Waals surface area (Å²) in [5.74, 6) is 0. The number of ether oxygens (including phenoxy) is 1. The summed E-state index contributed by atoms with van der Waals surface area (Å²) >= 11 is 1.77. The number of hydrogen-bond donors (Lipinski definition) is 1. The third-order valence-electron chi connectivity index (χ3n) is 4.77. The van der Waals surface area contributed by atoms with Gasteiger partial charge in [0.15, 0.2) is 0 Å². The minimum atomic E-state index is -0.0638. The molecule has 0 saturated carbocycles. The summed E-state index contributed by atoms with van der Waals surface area (Å²) in [7, 11) is 1.75. The van der Waals surface area contributed by atoms with Gasteiger partial charge < -0.3 is 10.1 Å². The lowest BCUT2D eigenvalue weighted by Crippen LogP contribution is -2.46. The number of hydrogen-bond acceptors (Lipinski definition) is 5. The Labute approximate surface area is 148 Å². The van der Waals surface area contributed by atoms with E-state index in [1.54, 1.807) is 18.4 Å². The number of benzene rings is 1. The van der Waals surface area contributed by atoms with E-state index in [1.165, 1.54) is 10.6 Å². The van der Waals surface area contributed by atoms with E-state index in [2.05, 4.69) is 59.8 Å². The molecule has 1 fully saturated rings. The topological polar surface area (TPSA) is 37.4 Å². The summed E-state index contributed by atoms with van der Waals surface area (Å²) in [5, 5.41) is 7.11. The Bertz CT molecular complexity index is 645. The van der Waals surface area contributed by atoms with Gasteiger partial charge in [-0.05, 0) is 25.8 Å². The molecule has 0 aliphatic carbocycles. The molecule has 1 saturated heterocycles. The van der Waals surface area contributed by atoms with Crippen LogP contribution < -0.4 is 5.32 Å². The molecule has 1 N–H and O–H groups in total. The van der Waals surface area contributed by atoms with Crippen molar-refractivity contribution >= 4 is 11.3 Å². The SMILES string of the molecule is COCCNC1(c2nc(C)cs2)CC(C)N(Cc2ccccc2)C1. The molecular weight excluding hydrogens is 318 g/mol. The summed E-state index contributed by atoms with van der Waals surface area (Å²) in [6.45, 7) is 7.94. The lowest BCUT2D eigenvalue weighted by atomic mass is 9.97. The van der Waals surface area contributed by atoms with Gasteiger partial charge in [-0.3, -0.25) is 4.90 Å². The molecular formula is C19H27N3OS. The van der Waals surface area contributed by atoms with E-state index in [0.717, 1.165) is 38.4 Å². The van der Waals surface area contributed by atoms with E-state index < -0.39 is 0 Å². The van der Waals surface area contributed by atoms with Gasteiger partial charge in [0.2, 0.25) is 0 Å². The summed E-state index contributed by atoms with van der Waals surface area (Å²) < 4.78 is 5.24. The molecule has 130 valence electrons. The number of rotatable bonds is 7. The van der Waals surface area contributed by atoms with Gasteiger partial charge in [-0.25, -0.2) is 4.98 Å². The Morgan fingerprint density at radius 2 is 2.17 bits per heavy atom. The van der Waals surface area contributed by atoms with E-state index in [4.69, 9.17) is 9.72 Å². The quantitative estimate of drug-likeness (QED) is 0.782. The maximum atomic E-state index is 5.24. The van der Waals surface area contributed by atoms with Crippen molar-refractivity contribution in [3.8, 4) is 0 Å². The minimum Gasteiger partial charge on any atom is -0.383 e. The molecule has 24 heavy (non-hydrogen) atoms. The highest BCUT2D eigenvalue weighted by atomic mass is 32.1. The monoisotopic (exact) mass is 345 g/mol. The fourth-order valence-corrected chi connectivity index (χ4v) is 4.53. The van der Waals surface area contributed by atoms with Crippen molar-refractivity contribution in [2.75, 3.05) is 26.8 Å². The Morgan fingerprint density at radius 3 is 2.83 bits per heavy atom. The Balaban J connectivity index is 1.79. The van der Waals surface area contributed by atoms with E-state index in [1.807, 2.05) is 0 Å². The Kier molecular flexibility index (Phi) is 5.66. The lowest BCUT2D eigenvalue weighted by Gasteiger charge is -2.29. The average molecular weight is 346 g/mol. The largest absolute Gasteiger partial charge is 0.383 e. The van der Waals surface area contributed by atoms with Crippen LogP contribution in [0.3, 0.4) is 0 Å². The number of methoxy groups -OCH3 is 1. The average Bonchev–Trinajstić information content (AvgIpc) is 3.14. The molecule has 0 amide bonds. The second-order valence-corrected chi connectivity index (χ2v) is 7.60. The van der Waals surface area contributed by atoms with Crippen molar-refractivity contribution in [2.24, 2.45) is 0 Å². The van der Waals surface area contributed by atoms with Gasteiger partial charge in [-0.1, -0.05) is 30.3 Å². The third-order valence-corrected chi connectivity index (χ3v) is 5.93. The molecule has 1 aromatic carbocycles. The Morgan fingerprint density at radius 1 is 1.38 bits per heavy atom. The molecule has 0 bridgehead atoms. The second kappa shape index (κ2) is 7.74. The van der Waals surface area contributed by atoms with Gasteiger partial charge in [-0.2, -0.15) is 0 Å². The van der Waals surface area contributed by atoms with E-state index in [9.17, 15) is 0 Å². The molecule has 2 aromatic rings. The summed E-state index contributed by atoms with van der Waals surface area (Å²) in [5.41, 5.74) is 2.41. The number of nitrogens with one attached hydrogen (secondary N) is 1. The smallest absolute Gasteiger partial charge is 0.114 e. The van der Waals surface area contributed by atoms with Crippen molar-refractivity contribution in [3.05, 3.63) is 52.0 Å². The number of aryl methyl sites for hydroxylation is 1. The van der Waals surface area contributed by atoms with E-state index >= 15 is 0 Å². The first kappa shape index (κ1) is 17.5. The fraction of sp³-hybridized carbons (Fsp3) is 0.526. The number of thiazole rings is 1. The molecule has 2 heterocycles. The molecule has 3 rings (SSSR count). The number of nitrogens with zero attached hydrogens (tertiary/aromatic N) is 2. The molecule has 0 spiro atoms. The highest BCUT2D eigenvalue weighted by Crippen LogP contribution is 2.38. The zero-order valence-electron chi connectivity index (χ0n) is 14.8. The normalized spacial score (nSPS) is 24.5. The minimum absolute atomic E-state index is 0.0638. The highest BCUT2D eigenvalue weighted by molar-refractivity contribution is 7.09. The van der Waals surface area contributed by atoms with Gasteiger partial charge in [0, 0.05) is 43.9 Å². The van der Waals surface area contributed by atoms with Gasteiger partial charge in [0.25, 0.3) is 0 Å². The van der Waals surface area contributed by atoms with Crippen molar-refractivity contribution in [2.45, 2.75) is 38.4 Å². The molecule has 1 aliphatic rings. The molecule has 5 heteroatoms. The van der Waals surface area contributed by atoms with Crippen molar-refractivity contribution < 1.29 is 4.74 Å². The maximum Gasteiger partial charge on any atom is 0.114 e. The van der Waals surface area contributed by atoms with Crippen molar-refractivity contribution in [3.63, 3.8) is 0 Å². The summed E-state index contributed by atoms with van der Waals surface area (Å²) in [6, 6.07) is 11.2. The summed E-state index contributed by atoms with van der Waals surface area (Å²) in [4.78, 5) is 7.37. The van der Waals surface area contributed by atoms with Crippen LogP contribution in [0.2, 0.25) is 0 Å². The van der Waals surface area contributed by atoms with Gasteiger partial charge in [0.1, 0.15) is 5.01 Å². The van der Waals surface area contributed by atoms with Crippen molar-refractivity contribution in [1.29, 1.82) is 0 Å². The van der Waals surface area contributed by atoms with Crippen LogP contribution in [0.25, 0.3) is 0 Å². The Hall–Kier alpha value is -1.27. The molecule has 1 aromatic heterocycles. The summed E-state index contributed by atoms with van der Waals surface area (Å²) in [6.07, 6.45) is 1.08. The molecule has 1 aliphatic heterocycles. The van der Waals surface area contributed by atoms with Crippen molar-refractivity contribution in [1.82, 2.24) is 15.2 Å². The van der Waals surface area contributed by atoms with Crippen LogP contribution in [-0.4, -0.2) is 42.7 Å². The number of aromatic nitrogens is 1. The van der Waals surface area contributed by atoms with Crippen LogP contribution in [-0.2, 0) is 16.8 Å². The lowest BCUT2D eigenvalue weighted by molar-refractivity contribution is 0.181. The third kappa shape index (κ3) is 3.86. The second-order valence-electron chi connectivity index (χ2n) is 6.74. The van der Waals surface area contributed by atoms with E-state index in [-0.39, 0.29) is 5.54 Å². The van der Waals surface area contributed by atoms with Crippen LogP contribution in [0, 0.1) is 6.92 Å². The number of likely N-dealkylation sites (tertiary alicyclic amines) is 1. The van der Waals surface area contributed by atoms with Crippen LogP contribution >= 0.6 is 11.3 Å². The first-order chi connectivity index (χ1) is 11.6. The molecule has 0 radical (unpaired) electrons. The standard InChI is InChI=1S/C19H27N3OS/c1-15-13-24-18(21-15)19(20-9-10-23-3)11-16(2)22(14-19)12-17-7-5-4-6-8-17/h4-8,13,16,20H,9-12,14H2,1-3H3. The first-order valence-electron chi connectivity index (χ1n) is 8.57. The zero-order valence-corrected chi connectivity index (χ0v) is 15.6. The van der Waals surface area contributed by atoms with Crippen LogP contribution in [0.1, 0.15) is 29.6 Å². The molecule has 2 atom stereocenters. The zero-order chi connectivity index (χ0) is 17.0.